The van der Waals surface area contributed by atoms with Crippen LogP contribution in [0.2, 0.25) is 0 Å². The molecule has 0 fully saturated rings. The number of aromatic carboxylic acids is 1. The highest BCUT2D eigenvalue weighted by molar-refractivity contribution is 14.1. The van der Waals surface area contributed by atoms with Crippen molar-refractivity contribution in [2.75, 3.05) is 11.1 Å². The number of hydrogen-bond donors (Lipinski definition) is 3. The number of carbonyl (C=O) groups is 2. The van der Waals surface area contributed by atoms with Crippen molar-refractivity contribution in [2.24, 2.45) is 0 Å². The lowest BCUT2D eigenvalue weighted by Gasteiger charge is -2.19. The fraction of sp³-hybridized carbons (Fsp3) is 0.273. The Morgan fingerprint density at radius 3 is 2.16 bits per heavy atom. The number of carboxylic acid groups (broad SMARTS) is 1. The summed E-state index contributed by atoms with van der Waals surface area (Å²) in [5.41, 5.74) is 7.11. The number of ketones is 1. The summed E-state index contributed by atoms with van der Waals surface area (Å²) in [7, 11) is 0. The highest BCUT2D eigenvalue weighted by Gasteiger charge is 2.24. The number of anilines is 2. The van der Waals surface area contributed by atoms with E-state index in [2.05, 4.69) is 27.9 Å². The zero-order valence-electron chi connectivity index (χ0n) is 10.1. The number of nitrogens with one attached hydrogen (secondary N) is 1. The Balaban J connectivity index is 3.48. The number of rotatable bonds is 4. The largest absolute Gasteiger partial charge is 0.478 e. The third kappa shape index (κ3) is 3.62. The molecule has 0 spiro atoms. The Hall–Kier alpha value is 0.150. The first kappa shape index (κ1) is 17.2. The van der Waals surface area contributed by atoms with Gasteiger partial charge in [0.05, 0.1) is 33.7 Å². The van der Waals surface area contributed by atoms with E-state index in [1.165, 1.54) is 6.92 Å². The van der Waals surface area contributed by atoms with Crippen LogP contribution in [0.15, 0.2) is 0 Å². The van der Waals surface area contributed by atoms with E-state index >= 15 is 0 Å². The van der Waals surface area contributed by atoms with Gasteiger partial charge in [-0.15, -0.1) is 0 Å². The molecular formula is C11H11I3N2O3. The number of nitrogens with two attached hydrogens (primary N) is 1. The number of carboxylic acids is 1. The standard InChI is InChI=1S/C11H11I3N2O3/c1-3(4(2)17)16-10-7(13)5(11(18)19)6(12)9(15)8(10)14/h3,16H,15H2,1-2H3,(H,18,19). The molecule has 0 aliphatic heterocycles. The molecule has 8 heteroatoms. The van der Waals surface area contributed by atoms with Crippen LogP contribution in [0.4, 0.5) is 11.4 Å². The second-order valence-corrected chi connectivity index (χ2v) is 7.12. The first-order valence-corrected chi connectivity index (χ1v) is 8.38. The second kappa shape index (κ2) is 6.74. The van der Waals surface area contributed by atoms with Crippen molar-refractivity contribution in [3.8, 4) is 0 Å². The minimum Gasteiger partial charge on any atom is -0.478 e. The van der Waals surface area contributed by atoms with Crippen molar-refractivity contribution in [1.82, 2.24) is 0 Å². The van der Waals surface area contributed by atoms with Gasteiger partial charge in [0, 0.05) is 0 Å². The lowest BCUT2D eigenvalue weighted by atomic mass is 10.1. The van der Waals surface area contributed by atoms with Gasteiger partial charge in [0.25, 0.3) is 0 Å². The molecule has 1 rings (SSSR count). The van der Waals surface area contributed by atoms with Gasteiger partial charge in [-0.05, 0) is 81.6 Å². The van der Waals surface area contributed by atoms with Gasteiger partial charge in [-0.1, -0.05) is 0 Å². The zero-order valence-corrected chi connectivity index (χ0v) is 16.5. The summed E-state index contributed by atoms with van der Waals surface area (Å²) in [5.74, 6) is -1.06. The monoisotopic (exact) mass is 600 g/mol. The van der Waals surface area contributed by atoms with Gasteiger partial charge >= 0.3 is 5.97 Å². The lowest BCUT2D eigenvalue weighted by molar-refractivity contribution is -0.117. The maximum atomic E-state index is 11.3. The Morgan fingerprint density at radius 1 is 1.21 bits per heavy atom. The van der Waals surface area contributed by atoms with Crippen LogP contribution in [0, 0.1) is 10.7 Å². The number of nitrogen functional groups attached to an aromatic ring is 1. The number of hydrogen-bond acceptors (Lipinski definition) is 4. The average Bonchev–Trinajstić information content (AvgIpc) is 2.31. The summed E-state index contributed by atoms with van der Waals surface area (Å²) in [6, 6.07) is -0.400. The fourth-order valence-corrected chi connectivity index (χ4v) is 5.26. The molecule has 1 unspecified atom stereocenters. The molecule has 1 aromatic carbocycles. The van der Waals surface area contributed by atoms with Crippen LogP contribution in [0.1, 0.15) is 24.2 Å². The summed E-state index contributed by atoms with van der Waals surface area (Å²) < 4.78 is 1.80. The van der Waals surface area contributed by atoms with Crippen molar-refractivity contribution < 1.29 is 14.7 Å². The predicted molar refractivity (Wildman–Crippen MR) is 99.7 cm³/mol. The van der Waals surface area contributed by atoms with Gasteiger partial charge in [-0.3, -0.25) is 4.79 Å². The third-order valence-electron chi connectivity index (χ3n) is 2.54. The average molecular weight is 600 g/mol. The van der Waals surface area contributed by atoms with Crippen molar-refractivity contribution in [3.63, 3.8) is 0 Å². The molecule has 1 atom stereocenters. The van der Waals surface area contributed by atoms with Crippen LogP contribution in [0.25, 0.3) is 0 Å². The molecule has 0 saturated carbocycles. The van der Waals surface area contributed by atoms with Crippen LogP contribution < -0.4 is 11.1 Å². The molecule has 4 N–H and O–H groups in total. The van der Waals surface area contributed by atoms with Crippen LogP contribution in [-0.2, 0) is 4.79 Å². The smallest absolute Gasteiger partial charge is 0.338 e. The molecular weight excluding hydrogens is 589 g/mol. The quantitative estimate of drug-likeness (QED) is 0.365. The first-order valence-electron chi connectivity index (χ1n) is 5.14. The predicted octanol–water partition coefficient (Wildman–Crippen LogP) is 3.17. The highest BCUT2D eigenvalue weighted by Crippen LogP contribution is 2.37. The van der Waals surface area contributed by atoms with Crippen LogP contribution in [0.5, 0.6) is 0 Å². The number of halogens is 3. The molecule has 0 heterocycles. The van der Waals surface area contributed by atoms with E-state index in [0.717, 1.165) is 3.57 Å². The van der Waals surface area contributed by atoms with E-state index in [-0.39, 0.29) is 11.3 Å². The van der Waals surface area contributed by atoms with Crippen LogP contribution in [0.3, 0.4) is 0 Å². The maximum absolute atomic E-state index is 11.3. The highest BCUT2D eigenvalue weighted by atomic mass is 127. The maximum Gasteiger partial charge on any atom is 0.338 e. The minimum atomic E-state index is -1.03. The van der Waals surface area contributed by atoms with Crippen LogP contribution in [-0.4, -0.2) is 22.9 Å². The zero-order chi connectivity index (χ0) is 14.9. The summed E-state index contributed by atoms with van der Waals surface area (Å²) in [4.78, 5) is 22.6. The Kier molecular flexibility index (Phi) is 6.10. The van der Waals surface area contributed by atoms with Gasteiger partial charge < -0.3 is 16.2 Å². The van der Waals surface area contributed by atoms with E-state index in [0.29, 0.717) is 18.5 Å². The molecule has 1 aromatic rings. The molecule has 0 bridgehead atoms. The molecule has 0 saturated heterocycles. The second-order valence-electron chi connectivity index (χ2n) is 3.89. The van der Waals surface area contributed by atoms with Gasteiger partial charge in [-0.25, -0.2) is 4.79 Å². The van der Waals surface area contributed by atoms with Crippen molar-refractivity contribution in [2.45, 2.75) is 19.9 Å². The molecule has 19 heavy (non-hydrogen) atoms. The van der Waals surface area contributed by atoms with Crippen LogP contribution >= 0.6 is 67.8 Å². The molecule has 0 aliphatic carbocycles. The Morgan fingerprint density at radius 2 is 1.74 bits per heavy atom. The number of Topliss-reactive ketones (excluding diaryl/α,β-unsaturated/α-hetero) is 1. The first-order chi connectivity index (χ1) is 8.68. The van der Waals surface area contributed by atoms with E-state index in [9.17, 15) is 14.7 Å². The minimum absolute atomic E-state index is 0.0272. The van der Waals surface area contributed by atoms with Gasteiger partial charge in [0.15, 0.2) is 5.78 Å². The van der Waals surface area contributed by atoms with Gasteiger partial charge in [0.2, 0.25) is 0 Å². The van der Waals surface area contributed by atoms with Crippen molar-refractivity contribution in [1.29, 1.82) is 0 Å². The summed E-state index contributed by atoms with van der Waals surface area (Å²) in [6.45, 7) is 3.20. The molecule has 0 amide bonds. The third-order valence-corrected chi connectivity index (χ3v) is 5.86. The molecule has 0 aliphatic rings. The fourth-order valence-electron chi connectivity index (χ4n) is 1.32. The molecule has 104 valence electrons. The van der Waals surface area contributed by atoms with Crippen molar-refractivity contribution >= 4 is 90.9 Å². The summed E-state index contributed by atoms with van der Waals surface area (Å²) in [5, 5.41) is 12.3. The molecule has 0 radical (unpaired) electrons. The molecule has 5 nitrogen and oxygen atoms in total. The SMILES string of the molecule is CC(=O)C(C)Nc1c(I)c(N)c(I)c(C(=O)O)c1I. The normalized spacial score (nSPS) is 12.1. The van der Waals surface area contributed by atoms with E-state index < -0.39 is 12.0 Å². The lowest BCUT2D eigenvalue weighted by Crippen LogP contribution is -2.25. The van der Waals surface area contributed by atoms with Gasteiger partial charge in [0.1, 0.15) is 0 Å². The Labute approximate surface area is 151 Å². The molecule has 0 aromatic heterocycles. The van der Waals surface area contributed by atoms with E-state index in [1.807, 2.05) is 45.2 Å². The summed E-state index contributed by atoms with van der Waals surface area (Å²) >= 11 is 5.94. The van der Waals surface area contributed by atoms with E-state index in [4.69, 9.17) is 5.73 Å². The van der Waals surface area contributed by atoms with Gasteiger partial charge in [-0.2, -0.15) is 0 Å². The number of benzene rings is 1. The number of carbonyl (C=O) groups excluding carboxylic acids is 1. The van der Waals surface area contributed by atoms with Crippen molar-refractivity contribution in [3.05, 3.63) is 16.3 Å². The topological polar surface area (TPSA) is 92.4 Å². The summed E-state index contributed by atoms with van der Waals surface area (Å²) in [6.07, 6.45) is 0. The van der Waals surface area contributed by atoms with E-state index in [1.54, 1.807) is 6.92 Å². The Bertz CT molecular complexity index is 561.